The summed E-state index contributed by atoms with van der Waals surface area (Å²) in [7, 11) is 1.51. The molecular weight excluding hydrogens is 393 g/mol. The van der Waals surface area contributed by atoms with Gasteiger partial charge in [0, 0.05) is 13.0 Å². The number of methoxy groups -OCH3 is 1. The van der Waals surface area contributed by atoms with E-state index in [1.54, 1.807) is 24.3 Å². The van der Waals surface area contributed by atoms with Crippen LogP contribution in [0.1, 0.15) is 13.3 Å². The number of rotatable bonds is 6. The molecule has 0 aliphatic carbocycles. The average Bonchev–Trinajstić information content (AvgIpc) is 3.14. The molecule has 1 aliphatic heterocycles. The van der Waals surface area contributed by atoms with Crippen LogP contribution in [-0.2, 0) is 14.4 Å². The van der Waals surface area contributed by atoms with E-state index in [2.05, 4.69) is 10.9 Å². The van der Waals surface area contributed by atoms with E-state index in [0.29, 0.717) is 17.2 Å². The molecule has 8 nitrogen and oxygen atoms in total. The van der Waals surface area contributed by atoms with Gasteiger partial charge >= 0.3 is 0 Å². The molecule has 158 valence electrons. The zero-order valence-corrected chi connectivity index (χ0v) is 16.6. The van der Waals surface area contributed by atoms with Crippen molar-refractivity contribution in [3.63, 3.8) is 0 Å². The first kappa shape index (κ1) is 21.1. The van der Waals surface area contributed by atoms with Crippen LogP contribution in [0.5, 0.6) is 11.5 Å². The summed E-state index contributed by atoms with van der Waals surface area (Å²) in [5.41, 5.74) is 5.21. The maximum atomic E-state index is 12.9. The van der Waals surface area contributed by atoms with Crippen molar-refractivity contribution in [1.29, 1.82) is 0 Å². The van der Waals surface area contributed by atoms with Crippen LogP contribution in [0.4, 0.5) is 10.1 Å². The fourth-order valence-electron chi connectivity index (χ4n) is 3.07. The molecule has 2 aromatic carbocycles. The highest BCUT2D eigenvalue weighted by molar-refractivity contribution is 6.01. The summed E-state index contributed by atoms with van der Waals surface area (Å²) in [5, 5.41) is 0. The van der Waals surface area contributed by atoms with Crippen LogP contribution >= 0.6 is 0 Å². The highest BCUT2D eigenvalue weighted by Gasteiger charge is 2.36. The number of carbonyl (C=O) groups excluding carboxylic acids is 3. The van der Waals surface area contributed by atoms with E-state index in [0.717, 1.165) is 0 Å². The number of halogens is 1. The molecule has 3 rings (SSSR count). The summed E-state index contributed by atoms with van der Waals surface area (Å²) in [5.74, 6) is -1.47. The summed E-state index contributed by atoms with van der Waals surface area (Å²) in [6.45, 7) is 1.66. The van der Waals surface area contributed by atoms with Crippen LogP contribution in [0.3, 0.4) is 0 Å². The molecule has 1 saturated heterocycles. The third-order valence-electron chi connectivity index (χ3n) is 4.68. The Kier molecular flexibility index (Phi) is 6.51. The Morgan fingerprint density at radius 3 is 2.53 bits per heavy atom. The van der Waals surface area contributed by atoms with Crippen molar-refractivity contribution in [3.8, 4) is 11.5 Å². The smallest absolute Gasteiger partial charge is 0.279 e. The fourth-order valence-corrected chi connectivity index (χ4v) is 3.07. The van der Waals surface area contributed by atoms with Crippen LogP contribution in [0, 0.1) is 11.7 Å². The second-order valence-corrected chi connectivity index (χ2v) is 6.77. The minimum atomic E-state index is -0.925. The quantitative estimate of drug-likeness (QED) is 0.702. The van der Waals surface area contributed by atoms with Gasteiger partial charge < -0.3 is 14.4 Å². The lowest BCUT2D eigenvalue weighted by molar-refractivity contribution is -0.134. The summed E-state index contributed by atoms with van der Waals surface area (Å²) in [4.78, 5) is 38.5. The van der Waals surface area contributed by atoms with Gasteiger partial charge in [-0.3, -0.25) is 25.2 Å². The summed E-state index contributed by atoms with van der Waals surface area (Å²) in [6, 6.07) is 12.3. The van der Waals surface area contributed by atoms with Crippen LogP contribution < -0.4 is 25.2 Å². The number of para-hydroxylation sites is 2. The molecule has 0 spiro atoms. The molecule has 2 N–H and O–H groups in total. The Balaban J connectivity index is 1.53. The first-order chi connectivity index (χ1) is 14.4. The number of anilines is 1. The molecule has 2 unspecified atom stereocenters. The second-order valence-electron chi connectivity index (χ2n) is 6.77. The molecule has 0 aromatic heterocycles. The minimum Gasteiger partial charge on any atom is -0.495 e. The molecule has 3 amide bonds. The average molecular weight is 415 g/mol. The predicted octanol–water partition coefficient (Wildman–Crippen LogP) is 1.80. The third kappa shape index (κ3) is 4.86. The van der Waals surface area contributed by atoms with Crippen molar-refractivity contribution in [2.45, 2.75) is 19.4 Å². The van der Waals surface area contributed by atoms with Gasteiger partial charge in [0.2, 0.25) is 11.8 Å². The number of benzene rings is 2. The third-order valence-corrected chi connectivity index (χ3v) is 4.68. The minimum absolute atomic E-state index is 0.0153. The van der Waals surface area contributed by atoms with Gasteiger partial charge in [-0.1, -0.05) is 12.1 Å². The SMILES string of the molecule is COc1ccccc1N1CC(C(=O)NNC(=O)C(C)Oc2ccc(F)cc2)CC1=O. The van der Waals surface area contributed by atoms with Crippen LogP contribution in [0.25, 0.3) is 0 Å². The highest BCUT2D eigenvalue weighted by Crippen LogP contribution is 2.32. The van der Waals surface area contributed by atoms with Crippen LogP contribution in [0.15, 0.2) is 48.5 Å². The molecule has 2 aromatic rings. The maximum Gasteiger partial charge on any atom is 0.279 e. The van der Waals surface area contributed by atoms with E-state index >= 15 is 0 Å². The van der Waals surface area contributed by atoms with E-state index in [1.807, 2.05) is 0 Å². The fraction of sp³-hybridized carbons (Fsp3) is 0.286. The van der Waals surface area contributed by atoms with E-state index in [1.165, 1.54) is 43.2 Å². The van der Waals surface area contributed by atoms with E-state index in [-0.39, 0.29) is 18.9 Å². The highest BCUT2D eigenvalue weighted by atomic mass is 19.1. The van der Waals surface area contributed by atoms with Crippen molar-refractivity contribution in [1.82, 2.24) is 10.9 Å². The lowest BCUT2D eigenvalue weighted by atomic mass is 10.1. The molecule has 0 radical (unpaired) electrons. The number of hydrogen-bond acceptors (Lipinski definition) is 5. The number of hydrazine groups is 1. The van der Waals surface area contributed by atoms with E-state index in [9.17, 15) is 18.8 Å². The van der Waals surface area contributed by atoms with Gasteiger partial charge in [0.1, 0.15) is 17.3 Å². The lowest BCUT2D eigenvalue weighted by Gasteiger charge is -2.19. The Hall–Kier alpha value is -3.62. The zero-order chi connectivity index (χ0) is 21.7. The first-order valence-corrected chi connectivity index (χ1v) is 9.34. The number of nitrogens with one attached hydrogen (secondary N) is 2. The normalized spacial score (nSPS) is 16.7. The Bertz CT molecular complexity index is 934. The van der Waals surface area contributed by atoms with Gasteiger partial charge in [0.05, 0.1) is 18.7 Å². The number of amides is 3. The number of nitrogens with zero attached hydrogens (tertiary/aromatic N) is 1. The van der Waals surface area contributed by atoms with Gasteiger partial charge in [-0.05, 0) is 43.3 Å². The standard InChI is InChI=1S/C21H22FN3O5/c1-13(30-16-9-7-15(22)8-10-16)20(27)23-24-21(28)14-11-19(26)25(12-14)17-5-3-4-6-18(17)29-2/h3-10,13-14H,11-12H2,1-2H3,(H,23,27)(H,24,28). The summed E-state index contributed by atoms with van der Waals surface area (Å²) < 4.78 is 23.6. The Morgan fingerprint density at radius 2 is 1.83 bits per heavy atom. The zero-order valence-electron chi connectivity index (χ0n) is 16.6. The Morgan fingerprint density at radius 1 is 1.13 bits per heavy atom. The molecule has 30 heavy (non-hydrogen) atoms. The molecule has 1 heterocycles. The summed E-state index contributed by atoms with van der Waals surface area (Å²) >= 11 is 0. The number of hydrogen-bond donors (Lipinski definition) is 2. The first-order valence-electron chi connectivity index (χ1n) is 9.34. The van der Waals surface area contributed by atoms with E-state index in [4.69, 9.17) is 9.47 Å². The molecule has 1 aliphatic rings. The molecule has 2 atom stereocenters. The lowest BCUT2D eigenvalue weighted by Crippen LogP contribution is -2.49. The monoisotopic (exact) mass is 415 g/mol. The van der Waals surface area contributed by atoms with Gasteiger partial charge in [-0.15, -0.1) is 0 Å². The van der Waals surface area contributed by atoms with Gasteiger partial charge in [-0.2, -0.15) is 0 Å². The number of ether oxygens (including phenoxy) is 2. The second kappa shape index (κ2) is 9.25. The molecule has 0 bridgehead atoms. The van der Waals surface area contributed by atoms with Crippen molar-refractivity contribution >= 4 is 23.4 Å². The van der Waals surface area contributed by atoms with Crippen molar-refractivity contribution in [2.24, 2.45) is 5.92 Å². The van der Waals surface area contributed by atoms with Crippen LogP contribution in [0.2, 0.25) is 0 Å². The number of carbonyl (C=O) groups is 3. The predicted molar refractivity (Wildman–Crippen MR) is 106 cm³/mol. The summed E-state index contributed by atoms with van der Waals surface area (Å²) in [6.07, 6.45) is -0.910. The largest absolute Gasteiger partial charge is 0.495 e. The maximum absolute atomic E-state index is 12.9. The van der Waals surface area contributed by atoms with E-state index < -0.39 is 29.7 Å². The van der Waals surface area contributed by atoms with Crippen LogP contribution in [-0.4, -0.2) is 37.5 Å². The van der Waals surface area contributed by atoms with Crippen molar-refractivity contribution < 1.29 is 28.2 Å². The van der Waals surface area contributed by atoms with Gasteiger partial charge in [-0.25, -0.2) is 4.39 Å². The van der Waals surface area contributed by atoms with Gasteiger partial charge in [0.15, 0.2) is 6.10 Å². The molecule has 9 heteroatoms. The van der Waals surface area contributed by atoms with Crippen molar-refractivity contribution in [2.75, 3.05) is 18.6 Å². The van der Waals surface area contributed by atoms with Gasteiger partial charge in [0.25, 0.3) is 5.91 Å². The Labute approximate surface area is 172 Å². The molecular formula is C21H22FN3O5. The van der Waals surface area contributed by atoms with Crippen molar-refractivity contribution in [3.05, 3.63) is 54.3 Å². The molecule has 0 saturated carbocycles. The molecule has 1 fully saturated rings. The topological polar surface area (TPSA) is 97.0 Å².